The summed E-state index contributed by atoms with van der Waals surface area (Å²) in [6, 6.07) is 8.64. The third-order valence-electron chi connectivity index (χ3n) is 4.82. The minimum absolute atomic E-state index is 0.0180. The second-order valence-corrected chi connectivity index (χ2v) is 6.56. The number of amides is 3. The van der Waals surface area contributed by atoms with E-state index in [1.807, 2.05) is 37.4 Å². The summed E-state index contributed by atoms with van der Waals surface area (Å²) in [5, 5.41) is 2.72. The molecule has 0 aliphatic carbocycles. The van der Waals surface area contributed by atoms with Crippen molar-refractivity contribution in [2.75, 3.05) is 44.7 Å². The largest absolute Gasteiger partial charge is 0.345 e. The zero-order valence-corrected chi connectivity index (χ0v) is 14.5. The fraction of sp³-hybridized carbons (Fsp3) is 0.500. The smallest absolute Gasteiger partial charge is 0.243 e. The lowest BCUT2D eigenvalue weighted by atomic mass is 10.2. The summed E-state index contributed by atoms with van der Waals surface area (Å²) in [7, 11) is 2.03. The number of para-hydroxylation sites is 1. The van der Waals surface area contributed by atoms with E-state index in [9.17, 15) is 14.4 Å². The van der Waals surface area contributed by atoms with Gasteiger partial charge in [-0.15, -0.1) is 0 Å². The van der Waals surface area contributed by atoms with Crippen molar-refractivity contribution in [1.82, 2.24) is 15.1 Å². The zero-order chi connectivity index (χ0) is 17.8. The van der Waals surface area contributed by atoms with Gasteiger partial charge in [-0.3, -0.25) is 19.3 Å². The van der Waals surface area contributed by atoms with Crippen molar-refractivity contribution in [2.45, 2.75) is 18.9 Å². The Morgan fingerprint density at radius 2 is 1.80 bits per heavy atom. The van der Waals surface area contributed by atoms with Gasteiger partial charge >= 0.3 is 0 Å². The highest BCUT2D eigenvalue weighted by molar-refractivity contribution is 6.04. The summed E-state index contributed by atoms with van der Waals surface area (Å²) in [4.78, 5) is 42.4. The quantitative estimate of drug-likeness (QED) is 0.839. The van der Waals surface area contributed by atoms with Gasteiger partial charge in [0, 0.05) is 38.3 Å². The standard InChI is InChI=1S/C18H24N4O3/c1-20-9-11-21(12-10-20)17(24)13-19-18(25)15-7-8-16(23)22(15)14-5-3-2-4-6-14/h2-6,15H,7-13H2,1H3,(H,19,25). The number of nitrogens with one attached hydrogen (secondary N) is 1. The number of carbonyl (C=O) groups excluding carboxylic acids is 3. The van der Waals surface area contributed by atoms with Gasteiger partial charge in [0.1, 0.15) is 6.04 Å². The maximum Gasteiger partial charge on any atom is 0.243 e. The maximum atomic E-state index is 12.5. The zero-order valence-electron chi connectivity index (χ0n) is 14.5. The number of hydrogen-bond donors (Lipinski definition) is 1. The Balaban J connectivity index is 1.57. The van der Waals surface area contributed by atoms with E-state index in [4.69, 9.17) is 0 Å². The van der Waals surface area contributed by atoms with Crippen LogP contribution in [0.2, 0.25) is 0 Å². The first kappa shape index (κ1) is 17.4. The van der Waals surface area contributed by atoms with Gasteiger partial charge < -0.3 is 15.1 Å². The van der Waals surface area contributed by atoms with Gasteiger partial charge in [-0.1, -0.05) is 18.2 Å². The lowest BCUT2D eigenvalue weighted by molar-refractivity contribution is -0.134. The molecule has 134 valence electrons. The topological polar surface area (TPSA) is 73.0 Å². The van der Waals surface area contributed by atoms with E-state index in [1.165, 1.54) is 4.90 Å². The first-order valence-corrected chi connectivity index (χ1v) is 8.67. The van der Waals surface area contributed by atoms with E-state index in [0.717, 1.165) is 18.8 Å². The first-order chi connectivity index (χ1) is 12.1. The van der Waals surface area contributed by atoms with Crippen LogP contribution in [-0.4, -0.2) is 73.3 Å². The number of nitrogens with zero attached hydrogens (tertiary/aromatic N) is 3. The Morgan fingerprint density at radius 1 is 1.12 bits per heavy atom. The summed E-state index contributed by atoms with van der Waals surface area (Å²) in [5.41, 5.74) is 0.718. The molecule has 1 unspecified atom stereocenters. The monoisotopic (exact) mass is 344 g/mol. The summed E-state index contributed by atoms with van der Waals surface area (Å²) in [5.74, 6) is -0.397. The minimum Gasteiger partial charge on any atom is -0.345 e. The van der Waals surface area contributed by atoms with Crippen LogP contribution < -0.4 is 10.2 Å². The molecular formula is C18H24N4O3. The molecule has 1 aromatic carbocycles. The Bertz CT molecular complexity index is 641. The molecule has 2 aliphatic heterocycles. The predicted octanol–water partition coefficient (Wildman–Crippen LogP) is 0.0722. The predicted molar refractivity (Wildman–Crippen MR) is 94.0 cm³/mol. The van der Waals surface area contributed by atoms with Crippen LogP contribution in [0.15, 0.2) is 30.3 Å². The van der Waals surface area contributed by atoms with Gasteiger partial charge in [-0.2, -0.15) is 0 Å². The van der Waals surface area contributed by atoms with Crippen molar-refractivity contribution in [1.29, 1.82) is 0 Å². The van der Waals surface area contributed by atoms with Crippen LogP contribution in [0, 0.1) is 0 Å². The number of anilines is 1. The summed E-state index contributed by atoms with van der Waals surface area (Å²) in [6.45, 7) is 3.04. The summed E-state index contributed by atoms with van der Waals surface area (Å²) < 4.78 is 0. The van der Waals surface area contributed by atoms with E-state index < -0.39 is 6.04 Å². The molecule has 3 amide bonds. The van der Waals surface area contributed by atoms with E-state index >= 15 is 0 Å². The van der Waals surface area contributed by atoms with Gasteiger partial charge in [0.05, 0.1) is 6.54 Å². The van der Waals surface area contributed by atoms with Gasteiger partial charge in [-0.25, -0.2) is 0 Å². The first-order valence-electron chi connectivity index (χ1n) is 8.67. The van der Waals surface area contributed by atoms with E-state index in [0.29, 0.717) is 25.9 Å². The highest BCUT2D eigenvalue weighted by Gasteiger charge is 2.37. The fourth-order valence-corrected chi connectivity index (χ4v) is 3.29. The summed E-state index contributed by atoms with van der Waals surface area (Å²) >= 11 is 0. The second-order valence-electron chi connectivity index (χ2n) is 6.56. The number of piperazine rings is 1. The molecule has 2 saturated heterocycles. The Labute approximate surface area is 147 Å². The number of hydrogen-bond acceptors (Lipinski definition) is 4. The Morgan fingerprint density at radius 3 is 2.48 bits per heavy atom. The molecule has 1 atom stereocenters. The Kier molecular flexibility index (Phi) is 5.33. The fourth-order valence-electron chi connectivity index (χ4n) is 3.29. The molecule has 7 nitrogen and oxygen atoms in total. The van der Waals surface area contributed by atoms with Crippen molar-refractivity contribution >= 4 is 23.4 Å². The van der Waals surface area contributed by atoms with Crippen LogP contribution in [0.3, 0.4) is 0 Å². The molecule has 0 spiro atoms. The van der Waals surface area contributed by atoms with Gasteiger partial charge in [0.25, 0.3) is 0 Å². The molecule has 2 heterocycles. The van der Waals surface area contributed by atoms with E-state index in [1.54, 1.807) is 4.90 Å². The number of benzene rings is 1. The van der Waals surface area contributed by atoms with Crippen LogP contribution in [0.5, 0.6) is 0 Å². The highest BCUT2D eigenvalue weighted by atomic mass is 16.2. The van der Waals surface area contributed by atoms with Crippen LogP contribution in [0.25, 0.3) is 0 Å². The maximum absolute atomic E-state index is 12.5. The molecule has 3 rings (SSSR count). The van der Waals surface area contributed by atoms with Crippen LogP contribution in [0.1, 0.15) is 12.8 Å². The number of likely N-dealkylation sites (N-methyl/N-ethyl adjacent to an activating group) is 1. The van der Waals surface area contributed by atoms with Crippen LogP contribution in [0.4, 0.5) is 5.69 Å². The average Bonchev–Trinajstić information content (AvgIpc) is 3.02. The van der Waals surface area contributed by atoms with Crippen LogP contribution >= 0.6 is 0 Å². The highest BCUT2D eigenvalue weighted by Crippen LogP contribution is 2.26. The molecule has 7 heteroatoms. The van der Waals surface area contributed by atoms with E-state index in [-0.39, 0.29) is 24.3 Å². The lowest BCUT2D eigenvalue weighted by Gasteiger charge is -2.32. The normalized spacial score (nSPS) is 21.5. The molecule has 25 heavy (non-hydrogen) atoms. The van der Waals surface area contributed by atoms with Crippen molar-refractivity contribution in [2.24, 2.45) is 0 Å². The van der Waals surface area contributed by atoms with Gasteiger partial charge in [0.15, 0.2) is 0 Å². The molecule has 1 aromatic rings. The van der Waals surface area contributed by atoms with Gasteiger partial charge in [0.2, 0.25) is 17.7 Å². The molecular weight excluding hydrogens is 320 g/mol. The van der Waals surface area contributed by atoms with Gasteiger partial charge in [-0.05, 0) is 25.6 Å². The molecule has 0 radical (unpaired) electrons. The van der Waals surface area contributed by atoms with E-state index in [2.05, 4.69) is 10.2 Å². The summed E-state index contributed by atoms with van der Waals surface area (Å²) in [6.07, 6.45) is 0.821. The van der Waals surface area contributed by atoms with Crippen LogP contribution in [-0.2, 0) is 14.4 Å². The Hall–Kier alpha value is -2.41. The SMILES string of the molecule is CN1CCN(C(=O)CNC(=O)C2CCC(=O)N2c2ccccc2)CC1. The minimum atomic E-state index is -0.546. The molecule has 0 bridgehead atoms. The van der Waals surface area contributed by atoms with Crippen molar-refractivity contribution < 1.29 is 14.4 Å². The number of carbonyl (C=O) groups is 3. The average molecular weight is 344 g/mol. The second kappa shape index (κ2) is 7.65. The molecule has 0 aromatic heterocycles. The molecule has 0 saturated carbocycles. The third kappa shape index (κ3) is 3.99. The molecule has 2 fully saturated rings. The van der Waals surface area contributed by atoms with Crippen molar-refractivity contribution in [3.8, 4) is 0 Å². The number of rotatable bonds is 4. The van der Waals surface area contributed by atoms with Crippen molar-refractivity contribution in [3.05, 3.63) is 30.3 Å². The molecule has 1 N–H and O–H groups in total. The third-order valence-corrected chi connectivity index (χ3v) is 4.82. The lowest BCUT2D eigenvalue weighted by Crippen LogP contribution is -2.52. The molecule has 2 aliphatic rings. The van der Waals surface area contributed by atoms with Crippen molar-refractivity contribution in [3.63, 3.8) is 0 Å².